The third kappa shape index (κ3) is 4.51. The predicted octanol–water partition coefficient (Wildman–Crippen LogP) is 5.62. The second-order valence-corrected chi connectivity index (χ2v) is 7.08. The Balaban J connectivity index is 1.68. The van der Waals surface area contributed by atoms with Gasteiger partial charge in [-0.15, -0.1) is 0 Å². The van der Waals surface area contributed by atoms with Crippen LogP contribution in [0.5, 0.6) is 0 Å². The minimum Gasteiger partial charge on any atom is -0.419 e. The largest absolute Gasteiger partial charge is 0.419 e. The van der Waals surface area contributed by atoms with Crippen LogP contribution in [-0.2, 0) is 9.53 Å². The van der Waals surface area contributed by atoms with E-state index in [1.165, 1.54) is 4.90 Å². The second-order valence-electron chi connectivity index (χ2n) is 7.08. The molecule has 1 saturated heterocycles. The number of nitrogens with zero attached hydrogens (tertiary/aromatic N) is 3. The number of anilines is 2. The van der Waals surface area contributed by atoms with E-state index in [0.29, 0.717) is 5.69 Å². The summed E-state index contributed by atoms with van der Waals surface area (Å²) in [6.07, 6.45) is 1.76. The summed E-state index contributed by atoms with van der Waals surface area (Å²) in [4.78, 5) is 21.6. The maximum atomic E-state index is 13.2. The van der Waals surface area contributed by atoms with E-state index >= 15 is 0 Å². The smallest absolute Gasteiger partial charge is 0.310 e. The van der Waals surface area contributed by atoms with Crippen molar-refractivity contribution in [2.24, 2.45) is 4.99 Å². The molecule has 0 N–H and O–H groups in total. The van der Waals surface area contributed by atoms with Gasteiger partial charge < -0.3 is 9.64 Å². The van der Waals surface area contributed by atoms with Crippen molar-refractivity contribution >= 4 is 35.1 Å². The van der Waals surface area contributed by atoms with Gasteiger partial charge in [-0.25, -0.2) is 4.90 Å². The van der Waals surface area contributed by atoms with E-state index in [1.807, 2.05) is 72.8 Å². The first-order valence-electron chi connectivity index (χ1n) is 10.5. The van der Waals surface area contributed by atoms with E-state index in [0.717, 1.165) is 30.0 Å². The van der Waals surface area contributed by atoms with Gasteiger partial charge in [-0.2, -0.15) is 4.99 Å². The Labute approximate surface area is 182 Å². The standard InChI is InChI=1S/C26H25N3O2/c1-3-28(4-2)22-17-15-20(16-18-22)19-24-25(30)29(23-13-9-6-10-14-23)26(31-24)27-21-11-7-5-8-12-21/h5-19H,3-4H2,1-2H3. The molecule has 1 aliphatic heterocycles. The Morgan fingerprint density at radius 3 is 2.10 bits per heavy atom. The lowest BCUT2D eigenvalue weighted by Gasteiger charge is -2.20. The number of ether oxygens (including phenoxy) is 1. The average molecular weight is 412 g/mol. The fourth-order valence-corrected chi connectivity index (χ4v) is 3.49. The SMILES string of the molecule is CCN(CC)c1ccc(C=C2OC(=Nc3ccccc3)N(c3ccccc3)C2=O)cc1. The van der Waals surface area contributed by atoms with Crippen molar-refractivity contribution in [1.29, 1.82) is 0 Å². The number of aliphatic imine (C=N–C) groups is 1. The van der Waals surface area contributed by atoms with Gasteiger partial charge in [0.05, 0.1) is 11.4 Å². The molecule has 0 radical (unpaired) electrons. The Hall–Kier alpha value is -3.86. The molecule has 5 heteroatoms. The van der Waals surface area contributed by atoms with Crippen molar-refractivity contribution in [3.05, 3.63) is 96.3 Å². The highest BCUT2D eigenvalue weighted by atomic mass is 16.5. The summed E-state index contributed by atoms with van der Waals surface area (Å²) in [6, 6.07) is 27.2. The minimum absolute atomic E-state index is 0.242. The van der Waals surface area contributed by atoms with Gasteiger partial charge in [-0.3, -0.25) is 4.79 Å². The molecule has 1 amide bonds. The van der Waals surface area contributed by atoms with Crippen LogP contribution in [0.25, 0.3) is 6.08 Å². The number of hydrogen-bond acceptors (Lipinski definition) is 4. The van der Waals surface area contributed by atoms with Crippen LogP contribution >= 0.6 is 0 Å². The van der Waals surface area contributed by atoms with E-state index < -0.39 is 0 Å². The van der Waals surface area contributed by atoms with Crippen LogP contribution < -0.4 is 9.80 Å². The molecular formula is C26H25N3O2. The zero-order valence-electron chi connectivity index (χ0n) is 17.7. The first kappa shape index (κ1) is 20.4. The zero-order valence-corrected chi connectivity index (χ0v) is 17.7. The molecule has 0 aromatic heterocycles. The van der Waals surface area contributed by atoms with Gasteiger partial charge >= 0.3 is 11.9 Å². The number of rotatable bonds is 6. The van der Waals surface area contributed by atoms with E-state index in [1.54, 1.807) is 6.08 Å². The van der Waals surface area contributed by atoms with E-state index in [2.05, 4.69) is 35.9 Å². The van der Waals surface area contributed by atoms with Crippen LogP contribution in [-0.4, -0.2) is 25.0 Å². The molecule has 5 nitrogen and oxygen atoms in total. The van der Waals surface area contributed by atoms with Crippen LogP contribution in [0.1, 0.15) is 19.4 Å². The molecule has 0 bridgehead atoms. The number of amides is 1. The van der Waals surface area contributed by atoms with E-state index in [9.17, 15) is 4.79 Å². The zero-order chi connectivity index (χ0) is 21.6. The fourth-order valence-electron chi connectivity index (χ4n) is 3.49. The summed E-state index contributed by atoms with van der Waals surface area (Å²) in [5, 5.41) is 0. The quantitative estimate of drug-likeness (QED) is 0.494. The van der Waals surface area contributed by atoms with Crippen LogP contribution in [0.3, 0.4) is 0 Å². The number of para-hydroxylation sites is 2. The maximum Gasteiger partial charge on any atom is 0.310 e. The summed E-state index contributed by atoms with van der Waals surface area (Å²) in [5.74, 6) is 0.00261. The predicted molar refractivity (Wildman–Crippen MR) is 127 cm³/mol. The van der Waals surface area contributed by atoms with Crippen LogP contribution in [0.15, 0.2) is 95.7 Å². The van der Waals surface area contributed by atoms with Crippen molar-refractivity contribution in [2.75, 3.05) is 22.9 Å². The van der Waals surface area contributed by atoms with Gasteiger partial charge in [0.2, 0.25) is 0 Å². The average Bonchev–Trinajstić information content (AvgIpc) is 3.11. The normalized spacial score (nSPS) is 16.1. The Morgan fingerprint density at radius 2 is 1.48 bits per heavy atom. The number of carbonyl (C=O) groups is 1. The van der Waals surface area contributed by atoms with Gasteiger partial charge in [0, 0.05) is 18.8 Å². The molecule has 3 aromatic carbocycles. The van der Waals surface area contributed by atoms with Gasteiger partial charge in [0.1, 0.15) is 0 Å². The number of carbonyl (C=O) groups excluding carboxylic acids is 1. The summed E-state index contributed by atoms with van der Waals surface area (Å²) >= 11 is 0. The molecule has 31 heavy (non-hydrogen) atoms. The number of benzene rings is 3. The van der Waals surface area contributed by atoms with Gasteiger partial charge in [0.25, 0.3) is 0 Å². The monoisotopic (exact) mass is 411 g/mol. The van der Waals surface area contributed by atoms with Gasteiger partial charge in [-0.1, -0.05) is 48.5 Å². The second kappa shape index (κ2) is 9.30. The Bertz CT molecular complexity index is 1090. The molecular weight excluding hydrogens is 386 g/mol. The molecule has 0 aliphatic carbocycles. The van der Waals surface area contributed by atoms with Crippen molar-refractivity contribution in [3.63, 3.8) is 0 Å². The number of amidine groups is 1. The highest BCUT2D eigenvalue weighted by Gasteiger charge is 2.36. The molecule has 0 unspecified atom stereocenters. The minimum atomic E-state index is -0.242. The molecule has 0 atom stereocenters. The van der Waals surface area contributed by atoms with E-state index in [-0.39, 0.29) is 17.7 Å². The molecule has 0 saturated carbocycles. The van der Waals surface area contributed by atoms with Gasteiger partial charge in [-0.05, 0) is 61.9 Å². The lowest BCUT2D eigenvalue weighted by atomic mass is 10.1. The van der Waals surface area contributed by atoms with Crippen molar-refractivity contribution < 1.29 is 9.53 Å². The van der Waals surface area contributed by atoms with Crippen molar-refractivity contribution in [3.8, 4) is 0 Å². The first-order valence-corrected chi connectivity index (χ1v) is 10.5. The third-order valence-electron chi connectivity index (χ3n) is 5.12. The van der Waals surface area contributed by atoms with E-state index in [4.69, 9.17) is 4.74 Å². The molecule has 0 spiro atoms. The fraction of sp³-hybridized carbons (Fsp3) is 0.154. The topological polar surface area (TPSA) is 45.1 Å². The first-order chi connectivity index (χ1) is 15.2. The van der Waals surface area contributed by atoms with Crippen molar-refractivity contribution in [1.82, 2.24) is 0 Å². The molecule has 4 rings (SSSR count). The highest BCUT2D eigenvalue weighted by Crippen LogP contribution is 2.28. The Kier molecular flexibility index (Phi) is 6.13. The lowest BCUT2D eigenvalue weighted by Crippen LogP contribution is -2.29. The number of hydrogen-bond donors (Lipinski definition) is 0. The van der Waals surface area contributed by atoms with Crippen molar-refractivity contribution in [2.45, 2.75) is 13.8 Å². The molecule has 156 valence electrons. The third-order valence-corrected chi connectivity index (χ3v) is 5.12. The summed E-state index contributed by atoms with van der Waals surface area (Å²) in [7, 11) is 0. The summed E-state index contributed by atoms with van der Waals surface area (Å²) < 4.78 is 5.95. The summed E-state index contributed by atoms with van der Waals surface area (Å²) in [6.45, 7) is 6.17. The maximum absolute atomic E-state index is 13.2. The Morgan fingerprint density at radius 1 is 0.871 bits per heavy atom. The van der Waals surface area contributed by atoms with Crippen LogP contribution in [0, 0.1) is 0 Å². The van der Waals surface area contributed by atoms with Crippen LogP contribution in [0.2, 0.25) is 0 Å². The molecule has 1 aliphatic rings. The molecule has 1 heterocycles. The molecule has 3 aromatic rings. The van der Waals surface area contributed by atoms with Crippen LogP contribution in [0.4, 0.5) is 17.1 Å². The highest BCUT2D eigenvalue weighted by molar-refractivity contribution is 6.26. The lowest BCUT2D eigenvalue weighted by molar-refractivity contribution is -0.114. The van der Waals surface area contributed by atoms with Gasteiger partial charge in [0.15, 0.2) is 5.76 Å². The summed E-state index contributed by atoms with van der Waals surface area (Å²) in [5.41, 5.74) is 3.48. The molecule has 1 fully saturated rings.